The molecule has 0 saturated carbocycles. The number of amides is 3. The summed E-state index contributed by atoms with van der Waals surface area (Å²) in [6, 6.07) is 10.6. The van der Waals surface area contributed by atoms with E-state index in [1.54, 1.807) is 19.2 Å². The van der Waals surface area contributed by atoms with Crippen LogP contribution in [0.4, 0.5) is 4.39 Å². The molecule has 2 aromatic carbocycles. The molecule has 2 aromatic rings. The number of ether oxygens (including phenoxy) is 1. The summed E-state index contributed by atoms with van der Waals surface area (Å²) in [6.07, 6.45) is 1.11. The average molecular weight is 384 g/mol. The largest absolute Gasteiger partial charge is 0.385 e. The molecule has 0 spiro atoms. The first-order chi connectivity index (χ1) is 13.5. The molecule has 3 rings (SSSR count). The zero-order valence-corrected chi connectivity index (χ0v) is 15.5. The van der Waals surface area contributed by atoms with Gasteiger partial charge in [-0.15, -0.1) is 0 Å². The Bertz CT molecular complexity index is 896. The highest BCUT2D eigenvalue weighted by atomic mass is 19.1. The molecular weight excluding hydrogens is 363 g/mol. The van der Waals surface area contributed by atoms with Gasteiger partial charge in [-0.1, -0.05) is 12.1 Å². The third-order valence-corrected chi connectivity index (χ3v) is 4.58. The van der Waals surface area contributed by atoms with E-state index < -0.39 is 5.91 Å². The number of imide groups is 1. The molecule has 0 unspecified atom stereocenters. The minimum absolute atomic E-state index is 0.244. The van der Waals surface area contributed by atoms with E-state index in [1.807, 2.05) is 0 Å². The second kappa shape index (κ2) is 8.75. The molecule has 28 heavy (non-hydrogen) atoms. The molecule has 0 bridgehead atoms. The van der Waals surface area contributed by atoms with Gasteiger partial charge in [-0.2, -0.15) is 0 Å². The summed E-state index contributed by atoms with van der Waals surface area (Å²) in [7, 11) is 1.56. The Hall–Kier alpha value is -3.06. The number of halogens is 1. The second-order valence-electron chi connectivity index (χ2n) is 6.50. The number of fused-ring (bicyclic) bond motifs is 1. The zero-order chi connectivity index (χ0) is 20.1. The molecule has 6 nitrogen and oxygen atoms in total. The van der Waals surface area contributed by atoms with E-state index in [-0.39, 0.29) is 29.7 Å². The van der Waals surface area contributed by atoms with Crippen LogP contribution in [0.3, 0.4) is 0 Å². The minimum Gasteiger partial charge on any atom is -0.385 e. The van der Waals surface area contributed by atoms with E-state index in [9.17, 15) is 18.8 Å². The first-order valence-electron chi connectivity index (χ1n) is 9.03. The number of methoxy groups -OCH3 is 1. The maximum absolute atomic E-state index is 12.9. The van der Waals surface area contributed by atoms with E-state index >= 15 is 0 Å². The smallest absolute Gasteiger partial charge is 0.261 e. The van der Waals surface area contributed by atoms with Crippen LogP contribution in [-0.2, 0) is 11.2 Å². The number of hydrogen-bond donors (Lipinski definition) is 1. The van der Waals surface area contributed by atoms with Gasteiger partial charge in [0.25, 0.3) is 17.7 Å². The van der Waals surface area contributed by atoms with Crippen LogP contribution in [0, 0.1) is 5.82 Å². The fourth-order valence-electron chi connectivity index (χ4n) is 3.08. The Morgan fingerprint density at radius 1 is 1.07 bits per heavy atom. The standard InChI is InChI=1S/C21H21FN2O4/c1-28-12-2-11-24-20(26)17-8-5-15(13-18(17)21(24)27)19(25)23-10-9-14-3-6-16(22)7-4-14/h3-8,13H,2,9-12H2,1H3,(H,23,25). The van der Waals surface area contributed by atoms with Crippen LogP contribution in [0.2, 0.25) is 0 Å². The summed E-state index contributed by atoms with van der Waals surface area (Å²) < 4.78 is 17.9. The summed E-state index contributed by atoms with van der Waals surface area (Å²) in [5.41, 5.74) is 1.78. The molecule has 1 N–H and O–H groups in total. The quantitative estimate of drug-likeness (QED) is 0.560. The molecular formula is C21H21FN2O4. The van der Waals surface area contributed by atoms with Crippen molar-refractivity contribution in [3.05, 3.63) is 70.5 Å². The van der Waals surface area contributed by atoms with Crippen molar-refractivity contribution in [1.82, 2.24) is 10.2 Å². The maximum Gasteiger partial charge on any atom is 0.261 e. The van der Waals surface area contributed by atoms with Crippen LogP contribution >= 0.6 is 0 Å². The van der Waals surface area contributed by atoms with E-state index in [1.165, 1.54) is 35.2 Å². The molecule has 1 heterocycles. The van der Waals surface area contributed by atoms with Gasteiger partial charge in [-0.25, -0.2) is 4.39 Å². The van der Waals surface area contributed by atoms with E-state index in [2.05, 4.69) is 5.32 Å². The molecule has 1 aliphatic rings. The van der Waals surface area contributed by atoms with Crippen molar-refractivity contribution < 1.29 is 23.5 Å². The Labute approximate surface area is 162 Å². The predicted octanol–water partition coefficient (Wildman–Crippen LogP) is 2.43. The number of carbonyl (C=O) groups excluding carboxylic acids is 3. The van der Waals surface area contributed by atoms with Crippen LogP contribution in [0.1, 0.15) is 43.1 Å². The number of hydrogen-bond acceptors (Lipinski definition) is 4. The highest BCUT2D eigenvalue weighted by Gasteiger charge is 2.35. The van der Waals surface area contributed by atoms with E-state index in [0.29, 0.717) is 37.1 Å². The van der Waals surface area contributed by atoms with Crippen LogP contribution in [0.25, 0.3) is 0 Å². The first kappa shape index (κ1) is 19.7. The van der Waals surface area contributed by atoms with Crippen molar-refractivity contribution in [3.8, 4) is 0 Å². The lowest BCUT2D eigenvalue weighted by Crippen LogP contribution is -2.31. The Morgan fingerprint density at radius 3 is 2.50 bits per heavy atom. The molecule has 3 amide bonds. The van der Waals surface area contributed by atoms with Gasteiger partial charge in [-0.3, -0.25) is 19.3 Å². The summed E-state index contributed by atoms with van der Waals surface area (Å²) in [6.45, 7) is 1.10. The average Bonchev–Trinajstić information content (AvgIpc) is 2.94. The summed E-state index contributed by atoms with van der Waals surface area (Å²) in [5.74, 6) is -1.37. The summed E-state index contributed by atoms with van der Waals surface area (Å²) in [4.78, 5) is 38.4. The predicted molar refractivity (Wildman–Crippen MR) is 101 cm³/mol. The monoisotopic (exact) mass is 384 g/mol. The van der Waals surface area contributed by atoms with Crippen molar-refractivity contribution in [3.63, 3.8) is 0 Å². The molecule has 0 saturated heterocycles. The third-order valence-electron chi connectivity index (χ3n) is 4.58. The Morgan fingerprint density at radius 2 is 1.79 bits per heavy atom. The topological polar surface area (TPSA) is 75.7 Å². The number of nitrogens with zero attached hydrogens (tertiary/aromatic N) is 1. The fourth-order valence-corrected chi connectivity index (χ4v) is 3.08. The number of carbonyl (C=O) groups is 3. The number of benzene rings is 2. The van der Waals surface area contributed by atoms with E-state index in [0.717, 1.165) is 5.56 Å². The zero-order valence-electron chi connectivity index (χ0n) is 15.5. The highest BCUT2D eigenvalue weighted by molar-refractivity contribution is 6.22. The Balaban J connectivity index is 1.62. The third kappa shape index (κ3) is 4.26. The fraction of sp³-hybridized carbons (Fsp3) is 0.286. The van der Waals surface area contributed by atoms with Crippen molar-refractivity contribution in [2.24, 2.45) is 0 Å². The Kier molecular flexibility index (Phi) is 6.16. The number of rotatable bonds is 8. The van der Waals surface area contributed by atoms with Gasteiger partial charge in [-0.05, 0) is 48.7 Å². The normalized spacial score (nSPS) is 13.0. The SMILES string of the molecule is COCCCN1C(=O)c2ccc(C(=O)NCCc3ccc(F)cc3)cc2C1=O. The lowest BCUT2D eigenvalue weighted by atomic mass is 10.1. The molecule has 0 fully saturated rings. The molecule has 7 heteroatoms. The second-order valence-corrected chi connectivity index (χ2v) is 6.50. The van der Waals surface area contributed by atoms with Crippen LogP contribution < -0.4 is 5.32 Å². The van der Waals surface area contributed by atoms with Gasteiger partial charge < -0.3 is 10.1 Å². The van der Waals surface area contributed by atoms with Gasteiger partial charge in [0.1, 0.15) is 5.82 Å². The van der Waals surface area contributed by atoms with Crippen molar-refractivity contribution >= 4 is 17.7 Å². The molecule has 1 aliphatic heterocycles. The van der Waals surface area contributed by atoms with Crippen molar-refractivity contribution in [2.45, 2.75) is 12.8 Å². The van der Waals surface area contributed by atoms with Crippen molar-refractivity contribution in [2.75, 3.05) is 26.8 Å². The van der Waals surface area contributed by atoms with E-state index in [4.69, 9.17) is 4.74 Å². The van der Waals surface area contributed by atoms with Crippen LogP contribution in [0.15, 0.2) is 42.5 Å². The lowest BCUT2D eigenvalue weighted by Gasteiger charge is -2.12. The molecule has 0 aromatic heterocycles. The molecule has 0 atom stereocenters. The van der Waals surface area contributed by atoms with Gasteiger partial charge in [0.2, 0.25) is 0 Å². The summed E-state index contributed by atoms with van der Waals surface area (Å²) in [5, 5.41) is 2.77. The van der Waals surface area contributed by atoms with Crippen LogP contribution in [-0.4, -0.2) is 49.4 Å². The van der Waals surface area contributed by atoms with Crippen molar-refractivity contribution in [1.29, 1.82) is 0 Å². The molecule has 0 aliphatic carbocycles. The molecule has 0 radical (unpaired) electrons. The highest BCUT2D eigenvalue weighted by Crippen LogP contribution is 2.24. The van der Waals surface area contributed by atoms with Gasteiger partial charge in [0, 0.05) is 32.4 Å². The lowest BCUT2D eigenvalue weighted by molar-refractivity contribution is 0.0638. The first-order valence-corrected chi connectivity index (χ1v) is 9.03. The number of nitrogens with one attached hydrogen (secondary N) is 1. The van der Waals surface area contributed by atoms with Gasteiger partial charge >= 0.3 is 0 Å². The minimum atomic E-state index is -0.392. The molecule has 146 valence electrons. The summed E-state index contributed by atoms with van der Waals surface area (Å²) >= 11 is 0. The van der Waals surface area contributed by atoms with Gasteiger partial charge in [0.15, 0.2) is 0 Å². The van der Waals surface area contributed by atoms with Crippen LogP contribution in [0.5, 0.6) is 0 Å². The van der Waals surface area contributed by atoms with Gasteiger partial charge in [0.05, 0.1) is 11.1 Å². The maximum atomic E-state index is 12.9.